The van der Waals surface area contributed by atoms with E-state index in [1.807, 2.05) is 0 Å². The van der Waals surface area contributed by atoms with Crippen molar-refractivity contribution in [1.29, 1.82) is 5.26 Å². The molecule has 0 amide bonds. The summed E-state index contributed by atoms with van der Waals surface area (Å²) < 4.78 is 47.9. The molecule has 0 unspecified atom stereocenters. The highest BCUT2D eigenvalue weighted by Gasteiger charge is 2.19. The first-order chi connectivity index (χ1) is 6.47. The van der Waals surface area contributed by atoms with Crippen LogP contribution in [0.2, 0.25) is 0 Å². The zero-order chi connectivity index (χ0) is 10.8. The third-order valence-corrected chi connectivity index (χ3v) is 2.97. The quantitative estimate of drug-likeness (QED) is 0.749. The zero-order valence-electron chi connectivity index (χ0n) is 6.87. The van der Waals surface area contributed by atoms with Gasteiger partial charge in [-0.1, -0.05) is 0 Å². The van der Waals surface area contributed by atoms with Crippen LogP contribution in [0.4, 0.5) is 8.78 Å². The summed E-state index contributed by atoms with van der Waals surface area (Å²) in [5.41, 5.74) is 0. The molecule has 1 rings (SSSR count). The van der Waals surface area contributed by atoms with E-state index in [4.69, 9.17) is 5.26 Å². The molecule has 0 radical (unpaired) electrons. The Morgan fingerprint density at radius 2 is 2.00 bits per heavy atom. The maximum Gasteiger partial charge on any atom is 0.194 e. The first-order valence-corrected chi connectivity index (χ1v) is 5.17. The van der Waals surface area contributed by atoms with Gasteiger partial charge in [0.15, 0.2) is 9.84 Å². The van der Waals surface area contributed by atoms with E-state index in [-0.39, 0.29) is 0 Å². The molecule has 0 saturated carbocycles. The maximum atomic E-state index is 12.9. The summed E-state index contributed by atoms with van der Waals surface area (Å²) in [6, 6.07) is 3.45. The van der Waals surface area contributed by atoms with Crippen LogP contribution in [-0.4, -0.2) is 14.2 Å². The average Bonchev–Trinajstić information content (AvgIpc) is 2.09. The van der Waals surface area contributed by atoms with Gasteiger partial charge in [0.25, 0.3) is 0 Å². The van der Waals surface area contributed by atoms with E-state index in [9.17, 15) is 17.2 Å². The van der Waals surface area contributed by atoms with Crippen molar-refractivity contribution in [3.63, 3.8) is 0 Å². The molecule has 0 aliphatic carbocycles. The third kappa shape index (κ3) is 2.06. The van der Waals surface area contributed by atoms with Crippen LogP contribution >= 0.6 is 0 Å². The average molecular weight is 217 g/mol. The lowest BCUT2D eigenvalue weighted by atomic mass is 10.3. The SMILES string of the molecule is N#CCS(=O)(=O)c1cc(F)ccc1F. The molecule has 0 bridgehead atoms. The number of nitriles is 1. The van der Waals surface area contributed by atoms with Gasteiger partial charge in [0.05, 0.1) is 6.07 Å². The number of rotatable bonds is 2. The van der Waals surface area contributed by atoms with E-state index in [1.54, 1.807) is 0 Å². The fourth-order valence-electron chi connectivity index (χ4n) is 0.878. The second kappa shape index (κ2) is 3.72. The van der Waals surface area contributed by atoms with Crippen molar-refractivity contribution in [1.82, 2.24) is 0 Å². The van der Waals surface area contributed by atoms with Crippen molar-refractivity contribution in [2.24, 2.45) is 0 Å². The van der Waals surface area contributed by atoms with E-state index in [1.165, 1.54) is 6.07 Å². The van der Waals surface area contributed by atoms with Crippen LogP contribution in [0, 0.1) is 23.0 Å². The van der Waals surface area contributed by atoms with Crippen molar-refractivity contribution in [2.75, 3.05) is 5.75 Å². The molecule has 3 nitrogen and oxygen atoms in total. The molecular formula is C8H5F2NO2S. The van der Waals surface area contributed by atoms with E-state index in [2.05, 4.69) is 0 Å². The molecule has 74 valence electrons. The van der Waals surface area contributed by atoms with Crippen LogP contribution in [0.5, 0.6) is 0 Å². The molecule has 0 aliphatic rings. The molecule has 0 aliphatic heterocycles. The predicted octanol–water partition coefficient (Wildman–Crippen LogP) is 1.26. The molecule has 0 aromatic heterocycles. The van der Waals surface area contributed by atoms with E-state index >= 15 is 0 Å². The fourth-order valence-corrected chi connectivity index (χ4v) is 1.86. The van der Waals surface area contributed by atoms with Crippen LogP contribution < -0.4 is 0 Å². The molecule has 14 heavy (non-hydrogen) atoms. The number of hydrogen-bond acceptors (Lipinski definition) is 3. The molecule has 0 fully saturated rings. The highest BCUT2D eigenvalue weighted by atomic mass is 32.2. The predicted molar refractivity (Wildman–Crippen MR) is 44.0 cm³/mol. The van der Waals surface area contributed by atoms with Gasteiger partial charge in [0.1, 0.15) is 22.3 Å². The fraction of sp³-hybridized carbons (Fsp3) is 0.125. The summed E-state index contributed by atoms with van der Waals surface area (Å²) in [7, 11) is -4.04. The molecule has 1 aromatic carbocycles. The first-order valence-electron chi connectivity index (χ1n) is 3.52. The normalized spacial score (nSPS) is 10.9. The molecule has 0 N–H and O–H groups in total. The second-order valence-electron chi connectivity index (χ2n) is 2.49. The van der Waals surface area contributed by atoms with Crippen LogP contribution in [0.25, 0.3) is 0 Å². The number of sulfone groups is 1. The Bertz CT molecular complexity index is 491. The van der Waals surface area contributed by atoms with Crippen LogP contribution in [0.15, 0.2) is 23.1 Å². The molecule has 0 heterocycles. The van der Waals surface area contributed by atoms with Crippen molar-refractivity contribution >= 4 is 9.84 Å². The second-order valence-corrected chi connectivity index (χ2v) is 4.45. The smallest absolute Gasteiger partial charge is 0.194 e. The molecule has 0 spiro atoms. The lowest BCUT2D eigenvalue weighted by Gasteiger charge is -2.01. The van der Waals surface area contributed by atoms with Gasteiger partial charge in [-0.3, -0.25) is 0 Å². The standard InChI is InChI=1S/C8H5F2NO2S/c9-6-1-2-7(10)8(5-6)14(12,13)4-3-11/h1-2,5H,4H2. The van der Waals surface area contributed by atoms with Gasteiger partial charge in [-0.15, -0.1) is 0 Å². The summed E-state index contributed by atoms with van der Waals surface area (Å²) in [6.45, 7) is 0. The van der Waals surface area contributed by atoms with E-state index in [0.29, 0.717) is 12.1 Å². The van der Waals surface area contributed by atoms with Gasteiger partial charge >= 0.3 is 0 Å². The number of hydrogen-bond donors (Lipinski definition) is 0. The summed E-state index contributed by atoms with van der Waals surface area (Å²) in [4.78, 5) is -0.779. The minimum Gasteiger partial charge on any atom is -0.223 e. The van der Waals surface area contributed by atoms with Gasteiger partial charge in [-0.25, -0.2) is 17.2 Å². The lowest BCUT2D eigenvalue weighted by Crippen LogP contribution is -2.07. The Morgan fingerprint density at radius 3 is 2.57 bits per heavy atom. The maximum absolute atomic E-state index is 12.9. The first kappa shape index (κ1) is 10.6. The Hall–Kier alpha value is -1.48. The number of nitrogens with zero attached hydrogens (tertiary/aromatic N) is 1. The summed E-state index contributed by atoms with van der Waals surface area (Å²) in [6.07, 6.45) is 0. The van der Waals surface area contributed by atoms with Gasteiger partial charge in [-0.2, -0.15) is 5.26 Å². The van der Waals surface area contributed by atoms with Crippen LogP contribution in [0.3, 0.4) is 0 Å². The minimum atomic E-state index is -4.04. The van der Waals surface area contributed by atoms with Gasteiger partial charge in [0.2, 0.25) is 0 Å². The van der Waals surface area contributed by atoms with Crippen LogP contribution in [-0.2, 0) is 9.84 Å². The topological polar surface area (TPSA) is 57.9 Å². The van der Waals surface area contributed by atoms with Crippen molar-refractivity contribution in [3.05, 3.63) is 29.8 Å². The number of benzene rings is 1. The van der Waals surface area contributed by atoms with Crippen molar-refractivity contribution in [3.8, 4) is 6.07 Å². The largest absolute Gasteiger partial charge is 0.223 e. The molecule has 6 heteroatoms. The molecule has 0 atom stereocenters. The number of halogens is 2. The van der Waals surface area contributed by atoms with Gasteiger partial charge in [0, 0.05) is 0 Å². The summed E-state index contributed by atoms with van der Waals surface area (Å²) in [5.74, 6) is -2.78. The van der Waals surface area contributed by atoms with Crippen molar-refractivity contribution < 1.29 is 17.2 Å². The zero-order valence-corrected chi connectivity index (χ0v) is 7.68. The third-order valence-electron chi connectivity index (χ3n) is 1.48. The lowest BCUT2D eigenvalue weighted by molar-refractivity contribution is 0.554. The summed E-state index contributed by atoms with van der Waals surface area (Å²) in [5, 5.41) is 8.18. The molecule has 0 saturated heterocycles. The Balaban J connectivity index is 3.33. The Labute approximate surface area is 79.5 Å². The van der Waals surface area contributed by atoms with Crippen LogP contribution in [0.1, 0.15) is 0 Å². The van der Waals surface area contributed by atoms with Crippen molar-refractivity contribution in [2.45, 2.75) is 4.90 Å². The molecule has 1 aromatic rings. The van der Waals surface area contributed by atoms with Gasteiger partial charge in [-0.05, 0) is 18.2 Å². The van der Waals surface area contributed by atoms with Gasteiger partial charge < -0.3 is 0 Å². The summed E-state index contributed by atoms with van der Waals surface area (Å²) >= 11 is 0. The Morgan fingerprint density at radius 1 is 1.36 bits per heavy atom. The Kier molecular flexibility index (Phi) is 2.81. The highest BCUT2D eigenvalue weighted by molar-refractivity contribution is 7.91. The minimum absolute atomic E-state index is 0.558. The van der Waals surface area contributed by atoms with E-state index < -0.39 is 32.1 Å². The monoisotopic (exact) mass is 217 g/mol. The molecular weight excluding hydrogens is 212 g/mol. The van der Waals surface area contributed by atoms with E-state index in [0.717, 1.165) is 6.07 Å². The highest BCUT2D eigenvalue weighted by Crippen LogP contribution is 2.16.